The Labute approximate surface area is 121 Å². The van der Waals surface area contributed by atoms with Crippen LogP contribution in [0, 0.1) is 0 Å². The topological polar surface area (TPSA) is 25.8 Å². The predicted molar refractivity (Wildman–Crippen MR) is 82.6 cm³/mol. The van der Waals surface area contributed by atoms with Crippen molar-refractivity contribution in [2.45, 2.75) is 6.42 Å². The molecule has 0 spiro atoms. The fourth-order valence-corrected chi connectivity index (χ4v) is 3.41. The fraction of sp³-hybridized carbons (Fsp3) is 0.0588. The van der Waals surface area contributed by atoms with Crippen molar-refractivity contribution in [1.82, 2.24) is 9.97 Å². The Morgan fingerprint density at radius 1 is 1.05 bits per heavy atom. The van der Waals surface area contributed by atoms with Crippen LogP contribution in [0.1, 0.15) is 16.1 Å². The summed E-state index contributed by atoms with van der Waals surface area (Å²) in [5.41, 5.74) is 6.05. The molecule has 96 valence electrons. The summed E-state index contributed by atoms with van der Waals surface area (Å²) in [6.07, 6.45) is 6.92. The van der Waals surface area contributed by atoms with Crippen LogP contribution in [0.15, 0.2) is 60.2 Å². The first-order valence-electron chi connectivity index (χ1n) is 6.56. The highest BCUT2D eigenvalue weighted by Crippen LogP contribution is 2.35. The maximum atomic E-state index is 4.77. The second-order valence-corrected chi connectivity index (χ2v) is 5.62. The Bertz CT molecular complexity index is 788. The van der Waals surface area contributed by atoms with Gasteiger partial charge in [0, 0.05) is 28.9 Å². The minimum absolute atomic E-state index is 1.00. The average Bonchev–Trinajstić information content (AvgIpc) is 3.14. The fourth-order valence-electron chi connectivity index (χ4n) is 2.53. The lowest BCUT2D eigenvalue weighted by molar-refractivity contribution is 1.30. The zero-order chi connectivity index (χ0) is 13.4. The molecule has 2 heterocycles. The zero-order valence-corrected chi connectivity index (χ0v) is 11.6. The van der Waals surface area contributed by atoms with Gasteiger partial charge in [-0.15, -0.1) is 11.3 Å². The maximum absolute atomic E-state index is 4.77. The molecule has 0 fully saturated rings. The summed E-state index contributed by atoms with van der Waals surface area (Å²) >= 11 is 1.70. The van der Waals surface area contributed by atoms with Crippen molar-refractivity contribution in [2.24, 2.45) is 0 Å². The van der Waals surface area contributed by atoms with Gasteiger partial charge in [0.25, 0.3) is 0 Å². The molecule has 4 rings (SSSR count). The molecule has 0 atom stereocenters. The number of thiazole rings is 1. The first kappa shape index (κ1) is 11.6. The van der Waals surface area contributed by atoms with Gasteiger partial charge >= 0.3 is 0 Å². The van der Waals surface area contributed by atoms with Crippen molar-refractivity contribution in [1.29, 1.82) is 0 Å². The Balaban J connectivity index is 1.74. The van der Waals surface area contributed by atoms with E-state index in [2.05, 4.69) is 40.7 Å². The number of fused-ring (bicyclic) bond motifs is 1. The number of aromatic nitrogens is 2. The van der Waals surface area contributed by atoms with Crippen LogP contribution in [-0.2, 0) is 6.42 Å². The van der Waals surface area contributed by atoms with Crippen molar-refractivity contribution < 1.29 is 0 Å². The largest absolute Gasteiger partial charge is 0.264 e. The predicted octanol–water partition coefficient (Wildman–Crippen LogP) is 4.19. The molecular weight excluding hydrogens is 264 g/mol. The Kier molecular flexibility index (Phi) is 2.71. The molecule has 1 aromatic carbocycles. The molecule has 0 radical (unpaired) electrons. The van der Waals surface area contributed by atoms with Gasteiger partial charge in [-0.2, -0.15) is 0 Å². The summed E-state index contributed by atoms with van der Waals surface area (Å²) in [6.45, 7) is 0. The van der Waals surface area contributed by atoms with Gasteiger partial charge < -0.3 is 0 Å². The molecule has 0 unspecified atom stereocenters. The summed E-state index contributed by atoms with van der Waals surface area (Å²) in [4.78, 5) is 8.93. The lowest BCUT2D eigenvalue weighted by Crippen LogP contribution is -1.86. The van der Waals surface area contributed by atoms with Crippen LogP contribution in [0.5, 0.6) is 0 Å². The van der Waals surface area contributed by atoms with Crippen LogP contribution >= 0.6 is 11.3 Å². The molecule has 3 aromatic rings. The van der Waals surface area contributed by atoms with E-state index in [1.54, 1.807) is 17.5 Å². The van der Waals surface area contributed by atoms with Crippen molar-refractivity contribution in [2.75, 3.05) is 0 Å². The SMILES string of the molecule is C1=C(c2nc(-c3cccnc3)cs2)c2ccccc2C1. The van der Waals surface area contributed by atoms with Gasteiger partial charge in [0.05, 0.1) is 5.69 Å². The van der Waals surface area contributed by atoms with Crippen molar-refractivity contribution in [3.05, 3.63) is 76.4 Å². The molecular formula is C17H12N2S. The minimum Gasteiger partial charge on any atom is -0.264 e. The third-order valence-electron chi connectivity index (χ3n) is 3.53. The lowest BCUT2D eigenvalue weighted by atomic mass is 10.1. The third kappa shape index (κ3) is 1.87. The lowest BCUT2D eigenvalue weighted by Gasteiger charge is -2.01. The molecule has 2 nitrogen and oxygen atoms in total. The first-order chi connectivity index (χ1) is 9.92. The number of pyridine rings is 1. The van der Waals surface area contributed by atoms with E-state index in [4.69, 9.17) is 4.98 Å². The Morgan fingerprint density at radius 2 is 2.00 bits per heavy atom. The molecule has 3 heteroatoms. The summed E-state index contributed by atoms with van der Waals surface area (Å²) < 4.78 is 0. The van der Waals surface area contributed by atoms with Crippen LogP contribution in [0.2, 0.25) is 0 Å². The number of rotatable bonds is 2. The minimum atomic E-state index is 1.00. The summed E-state index contributed by atoms with van der Waals surface area (Å²) in [6, 6.07) is 12.5. The summed E-state index contributed by atoms with van der Waals surface area (Å²) in [5, 5.41) is 3.20. The van der Waals surface area contributed by atoms with E-state index in [1.807, 2.05) is 18.3 Å². The Morgan fingerprint density at radius 3 is 2.90 bits per heavy atom. The normalized spacial score (nSPS) is 13.1. The van der Waals surface area contributed by atoms with E-state index in [0.717, 1.165) is 22.7 Å². The van der Waals surface area contributed by atoms with Gasteiger partial charge in [0.2, 0.25) is 0 Å². The molecule has 0 saturated carbocycles. The molecule has 1 aliphatic rings. The van der Waals surface area contributed by atoms with Crippen LogP contribution in [-0.4, -0.2) is 9.97 Å². The second-order valence-electron chi connectivity index (χ2n) is 4.76. The van der Waals surface area contributed by atoms with E-state index < -0.39 is 0 Å². The maximum Gasteiger partial charge on any atom is 0.124 e. The number of nitrogens with zero attached hydrogens (tertiary/aromatic N) is 2. The first-order valence-corrected chi connectivity index (χ1v) is 7.44. The quantitative estimate of drug-likeness (QED) is 0.701. The average molecular weight is 276 g/mol. The number of allylic oxidation sites excluding steroid dienone is 1. The highest BCUT2D eigenvalue weighted by Gasteiger charge is 2.17. The highest BCUT2D eigenvalue weighted by atomic mass is 32.1. The van der Waals surface area contributed by atoms with Crippen LogP contribution < -0.4 is 0 Å². The highest BCUT2D eigenvalue weighted by molar-refractivity contribution is 7.11. The smallest absolute Gasteiger partial charge is 0.124 e. The standard InChI is InChI=1S/C17H12N2S/c1-2-6-14-12(4-1)7-8-15(14)17-19-16(11-20-17)13-5-3-9-18-10-13/h1-6,8-11H,7H2. The molecule has 20 heavy (non-hydrogen) atoms. The van der Waals surface area contributed by atoms with E-state index in [9.17, 15) is 0 Å². The van der Waals surface area contributed by atoms with Crippen LogP contribution in [0.25, 0.3) is 16.8 Å². The molecule has 0 saturated heterocycles. The monoisotopic (exact) mass is 276 g/mol. The van der Waals surface area contributed by atoms with E-state index >= 15 is 0 Å². The molecule has 1 aliphatic carbocycles. The molecule has 0 aliphatic heterocycles. The van der Waals surface area contributed by atoms with E-state index in [1.165, 1.54) is 16.7 Å². The molecule has 0 bridgehead atoms. The van der Waals surface area contributed by atoms with Gasteiger partial charge in [0.1, 0.15) is 5.01 Å². The van der Waals surface area contributed by atoms with Crippen molar-refractivity contribution in [3.8, 4) is 11.3 Å². The molecule has 0 amide bonds. The zero-order valence-electron chi connectivity index (χ0n) is 10.8. The molecule has 0 N–H and O–H groups in total. The number of hydrogen-bond acceptors (Lipinski definition) is 3. The summed E-state index contributed by atoms with van der Waals surface area (Å²) in [5.74, 6) is 0. The summed E-state index contributed by atoms with van der Waals surface area (Å²) in [7, 11) is 0. The van der Waals surface area contributed by atoms with Crippen LogP contribution in [0.3, 0.4) is 0 Å². The van der Waals surface area contributed by atoms with Gasteiger partial charge in [-0.1, -0.05) is 30.3 Å². The van der Waals surface area contributed by atoms with Gasteiger partial charge in [0.15, 0.2) is 0 Å². The van der Waals surface area contributed by atoms with Crippen molar-refractivity contribution in [3.63, 3.8) is 0 Å². The van der Waals surface area contributed by atoms with E-state index in [0.29, 0.717) is 0 Å². The second kappa shape index (κ2) is 4.69. The number of hydrogen-bond donors (Lipinski definition) is 0. The molecule has 2 aromatic heterocycles. The van der Waals surface area contributed by atoms with Crippen LogP contribution in [0.4, 0.5) is 0 Å². The Hall–Kier alpha value is -2.26. The van der Waals surface area contributed by atoms with Gasteiger partial charge in [-0.05, 0) is 29.7 Å². The van der Waals surface area contributed by atoms with Gasteiger partial charge in [-0.3, -0.25) is 4.98 Å². The van der Waals surface area contributed by atoms with Gasteiger partial charge in [-0.25, -0.2) is 4.98 Å². The van der Waals surface area contributed by atoms with E-state index in [-0.39, 0.29) is 0 Å². The number of benzene rings is 1. The third-order valence-corrected chi connectivity index (χ3v) is 4.40. The van der Waals surface area contributed by atoms with Crippen molar-refractivity contribution >= 4 is 16.9 Å².